The third-order valence-corrected chi connectivity index (χ3v) is 7.05. The highest BCUT2D eigenvalue weighted by Gasteiger charge is 2.24. The molecule has 0 bridgehead atoms. The number of rotatable bonds is 10. The van der Waals surface area contributed by atoms with Crippen LogP contribution in [0.4, 0.5) is 5.82 Å². The van der Waals surface area contributed by atoms with E-state index in [9.17, 15) is 19.5 Å². The van der Waals surface area contributed by atoms with Crippen molar-refractivity contribution in [1.82, 2.24) is 10.3 Å². The second-order valence-corrected chi connectivity index (χ2v) is 9.94. The van der Waals surface area contributed by atoms with Crippen LogP contribution in [0, 0.1) is 0 Å². The molecule has 192 valence electrons. The predicted octanol–water partition coefficient (Wildman–Crippen LogP) is 5.13. The van der Waals surface area contributed by atoms with Crippen LogP contribution in [-0.4, -0.2) is 39.8 Å². The van der Waals surface area contributed by atoms with E-state index in [1.165, 1.54) is 17.7 Å². The number of aryl methyl sites for hydroxylation is 1. The maximum absolute atomic E-state index is 12.6. The monoisotopic (exact) mass is 539 g/mol. The number of carboxylic acids is 1. The van der Waals surface area contributed by atoms with Crippen molar-refractivity contribution in [2.24, 2.45) is 0 Å². The number of nitrogens with zero attached hydrogens (tertiary/aromatic N) is 1. The van der Waals surface area contributed by atoms with Crippen LogP contribution in [0.25, 0.3) is 0 Å². The highest BCUT2D eigenvalue weighted by Crippen LogP contribution is 2.25. The van der Waals surface area contributed by atoms with Gasteiger partial charge in [-0.1, -0.05) is 59.6 Å². The fraction of sp³-hybridized carbons (Fsp3) is 0.286. The van der Waals surface area contributed by atoms with E-state index >= 15 is 0 Å². The summed E-state index contributed by atoms with van der Waals surface area (Å²) in [4.78, 5) is 41.4. The molecule has 3 N–H and O–H groups in total. The first kappa shape index (κ1) is 26.6. The summed E-state index contributed by atoms with van der Waals surface area (Å²) in [5, 5.41) is 15.8. The van der Waals surface area contributed by atoms with Crippen LogP contribution in [0.15, 0.2) is 60.8 Å². The van der Waals surface area contributed by atoms with Crippen molar-refractivity contribution in [3.63, 3.8) is 0 Å². The van der Waals surface area contributed by atoms with Gasteiger partial charge in [0.05, 0.1) is 15.6 Å². The van der Waals surface area contributed by atoms with Gasteiger partial charge in [0.1, 0.15) is 17.6 Å². The number of carbonyl (C=O) groups is 3. The van der Waals surface area contributed by atoms with Gasteiger partial charge in [-0.3, -0.25) is 9.59 Å². The molecule has 0 radical (unpaired) electrons. The summed E-state index contributed by atoms with van der Waals surface area (Å²) in [5.41, 5.74) is 2.82. The first-order valence-electron chi connectivity index (χ1n) is 12.1. The highest BCUT2D eigenvalue weighted by molar-refractivity contribution is 6.39. The van der Waals surface area contributed by atoms with E-state index in [2.05, 4.69) is 21.7 Å². The molecule has 0 spiro atoms. The number of Topliss-reactive ketones (excluding diaryl/α,β-unsaturated/α-hetero) is 1. The molecule has 1 aliphatic rings. The number of halogens is 2. The number of aromatic nitrogens is 1. The maximum atomic E-state index is 12.6. The molecule has 9 heteroatoms. The molecule has 0 fully saturated rings. The SMILES string of the molecule is O=C(CCC1CCc2cccnc2N1)Cc1ccc(C[C@H](NC(=O)c2c(Cl)cccc2Cl)C(=O)O)cc1. The Balaban J connectivity index is 1.28. The molecule has 1 amide bonds. The first-order chi connectivity index (χ1) is 17.8. The number of hydrogen-bond acceptors (Lipinski definition) is 5. The van der Waals surface area contributed by atoms with Crippen molar-refractivity contribution in [2.45, 2.75) is 50.6 Å². The molecule has 2 heterocycles. The van der Waals surface area contributed by atoms with Gasteiger partial charge in [-0.15, -0.1) is 0 Å². The number of benzene rings is 2. The summed E-state index contributed by atoms with van der Waals surface area (Å²) in [6.07, 6.45) is 5.31. The number of hydrogen-bond donors (Lipinski definition) is 3. The van der Waals surface area contributed by atoms with Crippen LogP contribution < -0.4 is 10.6 Å². The fourth-order valence-corrected chi connectivity index (χ4v) is 4.98. The lowest BCUT2D eigenvalue weighted by Crippen LogP contribution is -2.42. The molecule has 1 aromatic heterocycles. The molecule has 4 rings (SSSR count). The van der Waals surface area contributed by atoms with Crippen molar-refractivity contribution in [3.05, 3.63) is 93.1 Å². The average Bonchev–Trinajstić information content (AvgIpc) is 2.88. The number of aliphatic carboxylic acids is 1. The van der Waals surface area contributed by atoms with E-state index < -0.39 is 17.9 Å². The van der Waals surface area contributed by atoms with Crippen molar-refractivity contribution >= 4 is 46.7 Å². The van der Waals surface area contributed by atoms with Crippen LogP contribution in [0.2, 0.25) is 10.0 Å². The minimum absolute atomic E-state index is 0.0369. The zero-order valence-corrected chi connectivity index (χ0v) is 21.6. The normalized spacial score (nSPS) is 15.2. The molecule has 3 aromatic rings. The number of fused-ring (bicyclic) bond motifs is 1. The summed E-state index contributed by atoms with van der Waals surface area (Å²) in [5.74, 6) is -0.775. The lowest BCUT2D eigenvalue weighted by Gasteiger charge is -2.25. The Hall–Kier alpha value is -3.42. The molecular weight excluding hydrogens is 513 g/mol. The third-order valence-electron chi connectivity index (χ3n) is 6.42. The van der Waals surface area contributed by atoms with Gasteiger partial charge < -0.3 is 15.7 Å². The minimum Gasteiger partial charge on any atom is -0.480 e. The van der Waals surface area contributed by atoms with Gasteiger partial charge in [0, 0.05) is 31.5 Å². The van der Waals surface area contributed by atoms with Crippen LogP contribution in [0.1, 0.15) is 46.3 Å². The quantitative estimate of drug-likeness (QED) is 0.329. The number of ketones is 1. The van der Waals surface area contributed by atoms with E-state index in [1.807, 2.05) is 18.2 Å². The van der Waals surface area contributed by atoms with Crippen molar-refractivity contribution in [1.29, 1.82) is 0 Å². The zero-order valence-electron chi connectivity index (χ0n) is 20.0. The van der Waals surface area contributed by atoms with E-state index in [-0.39, 0.29) is 33.9 Å². The number of amides is 1. The zero-order chi connectivity index (χ0) is 26.4. The molecule has 2 aromatic carbocycles. The van der Waals surface area contributed by atoms with Gasteiger partial charge in [-0.2, -0.15) is 0 Å². The highest BCUT2D eigenvalue weighted by atomic mass is 35.5. The number of pyridine rings is 1. The van der Waals surface area contributed by atoms with E-state index in [0.717, 1.165) is 30.6 Å². The summed E-state index contributed by atoms with van der Waals surface area (Å²) in [7, 11) is 0. The number of anilines is 1. The Bertz CT molecular complexity index is 1280. The molecule has 7 nitrogen and oxygen atoms in total. The van der Waals surface area contributed by atoms with E-state index in [1.54, 1.807) is 24.4 Å². The second-order valence-electron chi connectivity index (χ2n) is 9.13. The lowest BCUT2D eigenvalue weighted by molar-refractivity contribution is -0.139. The second kappa shape index (κ2) is 12.2. The first-order valence-corrected chi connectivity index (χ1v) is 12.8. The van der Waals surface area contributed by atoms with Gasteiger partial charge in [-0.05, 0) is 54.2 Å². The molecule has 1 unspecified atom stereocenters. The molecule has 2 atom stereocenters. The Labute approximate surface area is 225 Å². The molecule has 0 aliphatic carbocycles. The van der Waals surface area contributed by atoms with Crippen LogP contribution >= 0.6 is 23.2 Å². The van der Waals surface area contributed by atoms with Crippen molar-refractivity contribution < 1.29 is 19.5 Å². The molecule has 37 heavy (non-hydrogen) atoms. The standard InChI is InChI=1S/C28H27Cl2N3O4/c29-22-4-1-5-23(30)25(22)27(35)33-24(28(36)37)16-18-8-6-17(7-9-18)15-21(34)13-12-20-11-10-19-3-2-14-31-26(19)32-20/h1-9,14,20,24H,10-13,15-16H2,(H,31,32)(H,33,35)(H,36,37)/t20?,24-/m0/s1. The number of carboxylic acid groups (broad SMARTS) is 1. The van der Waals surface area contributed by atoms with Crippen molar-refractivity contribution in [2.75, 3.05) is 5.32 Å². The lowest BCUT2D eigenvalue weighted by atomic mass is 9.95. The van der Waals surface area contributed by atoms with E-state index in [0.29, 0.717) is 18.4 Å². The van der Waals surface area contributed by atoms with Crippen molar-refractivity contribution in [3.8, 4) is 0 Å². The van der Waals surface area contributed by atoms with Gasteiger partial charge in [0.25, 0.3) is 5.91 Å². The Morgan fingerprint density at radius 1 is 1.03 bits per heavy atom. The Kier molecular flexibility index (Phi) is 8.79. The maximum Gasteiger partial charge on any atom is 0.326 e. The van der Waals surface area contributed by atoms with Gasteiger partial charge in [0.2, 0.25) is 0 Å². The van der Waals surface area contributed by atoms with Crippen LogP contribution in [0.3, 0.4) is 0 Å². The predicted molar refractivity (Wildman–Crippen MR) is 143 cm³/mol. The molecule has 0 saturated heterocycles. The van der Waals surface area contributed by atoms with Gasteiger partial charge in [0.15, 0.2) is 0 Å². The third kappa shape index (κ3) is 7.08. The smallest absolute Gasteiger partial charge is 0.326 e. The largest absolute Gasteiger partial charge is 0.480 e. The Morgan fingerprint density at radius 2 is 1.73 bits per heavy atom. The molecule has 0 saturated carbocycles. The fourth-order valence-electron chi connectivity index (χ4n) is 4.41. The summed E-state index contributed by atoms with van der Waals surface area (Å²) < 4.78 is 0. The molecular formula is C28H27Cl2N3O4. The van der Waals surface area contributed by atoms with E-state index in [4.69, 9.17) is 23.2 Å². The summed E-state index contributed by atoms with van der Waals surface area (Å²) >= 11 is 12.1. The topological polar surface area (TPSA) is 108 Å². The average molecular weight is 540 g/mol. The van der Waals surface area contributed by atoms with Crippen LogP contribution in [-0.2, 0) is 28.9 Å². The van der Waals surface area contributed by atoms with Gasteiger partial charge in [-0.25, -0.2) is 9.78 Å². The Morgan fingerprint density at radius 3 is 2.43 bits per heavy atom. The number of carbonyl (C=O) groups excluding carboxylic acids is 2. The van der Waals surface area contributed by atoms with Crippen LogP contribution in [0.5, 0.6) is 0 Å². The molecule has 1 aliphatic heterocycles. The summed E-state index contributed by atoms with van der Waals surface area (Å²) in [6.45, 7) is 0. The minimum atomic E-state index is -1.18. The summed E-state index contributed by atoms with van der Waals surface area (Å²) in [6, 6.07) is 14.9. The number of nitrogens with one attached hydrogen (secondary N) is 2. The van der Waals surface area contributed by atoms with Gasteiger partial charge >= 0.3 is 5.97 Å².